The number of aliphatic hydroxyl groups excluding tert-OH is 1. The van der Waals surface area contributed by atoms with Crippen molar-refractivity contribution in [2.45, 2.75) is 39.7 Å². The van der Waals surface area contributed by atoms with Crippen molar-refractivity contribution in [3.63, 3.8) is 0 Å². The normalized spacial score (nSPS) is 11.2. The Morgan fingerprint density at radius 3 is 2.72 bits per heavy atom. The van der Waals surface area contributed by atoms with Crippen LogP contribution < -0.4 is 10.6 Å². The van der Waals surface area contributed by atoms with E-state index in [1.54, 1.807) is 16.9 Å². The molecule has 8 nitrogen and oxygen atoms in total. The summed E-state index contributed by atoms with van der Waals surface area (Å²) in [6.07, 6.45) is 1.66. The molecule has 1 aromatic carbocycles. The lowest BCUT2D eigenvalue weighted by atomic mass is 9.86. The highest BCUT2D eigenvalue weighted by atomic mass is 16.3. The van der Waals surface area contributed by atoms with Crippen LogP contribution in [0.25, 0.3) is 0 Å². The van der Waals surface area contributed by atoms with E-state index >= 15 is 0 Å². The molecule has 29 heavy (non-hydrogen) atoms. The average Bonchev–Trinajstić information content (AvgIpc) is 2.96. The molecule has 0 fully saturated rings. The molecule has 0 saturated heterocycles. The van der Waals surface area contributed by atoms with Crippen molar-refractivity contribution in [2.75, 3.05) is 17.2 Å². The van der Waals surface area contributed by atoms with Crippen LogP contribution >= 0.6 is 0 Å². The van der Waals surface area contributed by atoms with Crippen molar-refractivity contribution in [3.8, 4) is 6.07 Å². The summed E-state index contributed by atoms with van der Waals surface area (Å²) in [5.41, 5.74) is 3.03. The summed E-state index contributed by atoms with van der Waals surface area (Å²) in [7, 11) is 0. The van der Waals surface area contributed by atoms with Crippen molar-refractivity contribution < 1.29 is 5.11 Å². The van der Waals surface area contributed by atoms with Crippen LogP contribution in [-0.2, 0) is 12.0 Å². The second-order valence-electron chi connectivity index (χ2n) is 7.34. The first-order valence-corrected chi connectivity index (χ1v) is 9.38. The minimum Gasteiger partial charge on any atom is -0.394 e. The molecule has 3 N–H and O–H groups in total. The zero-order chi connectivity index (χ0) is 21.0. The number of nitriles is 1. The largest absolute Gasteiger partial charge is 0.394 e. The average molecular weight is 391 g/mol. The van der Waals surface area contributed by atoms with E-state index in [4.69, 9.17) is 0 Å². The van der Waals surface area contributed by atoms with Crippen LogP contribution in [0.2, 0.25) is 0 Å². The van der Waals surface area contributed by atoms with E-state index in [1.165, 1.54) is 0 Å². The molecular formula is C21H25N7O. The third-order valence-electron chi connectivity index (χ3n) is 4.76. The Morgan fingerprint density at radius 2 is 2.00 bits per heavy atom. The molecule has 0 aliphatic rings. The SMILES string of the molecule is Cc1nn(CCO)c(Nc2ccnc(Nc3cccc(C(C)(C)C#N)c3)n2)c1C. The number of rotatable bonds is 7. The Balaban J connectivity index is 1.83. The van der Waals surface area contributed by atoms with Gasteiger partial charge in [-0.2, -0.15) is 15.3 Å². The van der Waals surface area contributed by atoms with Crippen molar-refractivity contribution in [1.82, 2.24) is 19.7 Å². The topological polar surface area (TPSA) is 112 Å². The predicted octanol–water partition coefficient (Wildman–Crippen LogP) is 3.57. The lowest BCUT2D eigenvalue weighted by molar-refractivity contribution is 0.270. The van der Waals surface area contributed by atoms with Crippen molar-refractivity contribution >= 4 is 23.3 Å². The Labute approximate surface area is 170 Å². The number of nitrogens with zero attached hydrogens (tertiary/aromatic N) is 5. The van der Waals surface area contributed by atoms with Crippen LogP contribution in [0.1, 0.15) is 30.7 Å². The molecule has 3 aromatic rings. The van der Waals surface area contributed by atoms with Crippen LogP contribution in [-0.4, -0.2) is 31.5 Å². The van der Waals surface area contributed by atoms with E-state index in [0.29, 0.717) is 18.3 Å². The first kappa shape index (κ1) is 20.3. The van der Waals surface area contributed by atoms with Gasteiger partial charge in [-0.05, 0) is 51.5 Å². The molecule has 3 rings (SSSR count). The summed E-state index contributed by atoms with van der Waals surface area (Å²) in [6.45, 7) is 8.06. The van der Waals surface area contributed by atoms with Gasteiger partial charge in [-0.25, -0.2) is 9.67 Å². The van der Waals surface area contributed by atoms with E-state index in [-0.39, 0.29) is 6.61 Å². The molecule has 0 radical (unpaired) electrons. The fourth-order valence-corrected chi connectivity index (χ4v) is 2.88. The van der Waals surface area contributed by atoms with Gasteiger partial charge in [-0.3, -0.25) is 0 Å². The highest BCUT2D eigenvalue weighted by Gasteiger charge is 2.20. The van der Waals surface area contributed by atoms with Gasteiger partial charge >= 0.3 is 0 Å². The third-order valence-corrected chi connectivity index (χ3v) is 4.76. The highest BCUT2D eigenvalue weighted by molar-refractivity contribution is 5.61. The smallest absolute Gasteiger partial charge is 0.229 e. The van der Waals surface area contributed by atoms with Gasteiger partial charge in [-0.1, -0.05) is 12.1 Å². The fourth-order valence-electron chi connectivity index (χ4n) is 2.88. The van der Waals surface area contributed by atoms with Crippen LogP contribution in [0.4, 0.5) is 23.3 Å². The number of anilines is 4. The molecule has 0 aliphatic heterocycles. The Hall–Kier alpha value is -3.44. The van der Waals surface area contributed by atoms with Crippen LogP contribution in [0.3, 0.4) is 0 Å². The molecule has 0 saturated carbocycles. The number of hydrogen-bond acceptors (Lipinski definition) is 7. The third kappa shape index (κ3) is 4.52. The maximum atomic E-state index is 9.36. The molecule has 8 heteroatoms. The van der Waals surface area contributed by atoms with Crippen molar-refractivity contribution in [3.05, 3.63) is 53.3 Å². The molecule has 0 unspecified atom stereocenters. The van der Waals surface area contributed by atoms with Crippen molar-refractivity contribution in [1.29, 1.82) is 5.26 Å². The van der Waals surface area contributed by atoms with Crippen LogP contribution in [0.15, 0.2) is 36.5 Å². The molecule has 0 amide bonds. The Kier molecular flexibility index (Phi) is 5.80. The number of aliphatic hydroxyl groups is 1. The van der Waals surface area contributed by atoms with E-state index in [0.717, 1.165) is 28.3 Å². The number of nitrogens with one attached hydrogen (secondary N) is 2. The molecule has 150 valence electrons. The number of hydrogen-bond donors (Lipinski definition) is 3. The van der Waals surface area contributed by atoms with Crippen molar-refractivity contribution in [2.24, 2.45) is 0 Å². The zero-order valence-corrected chi connectivity index (χ0v) is 17.1. The number of aryl methyl sites for hydroxylation is 1. The molecule has 0 bridgehead atoms. The Bertz CT molecular complexity index is 1050. The van der Waals surface area contributed by atoms with Crippen LogP contribution in [0, 0.1) is 25.2 Å². The van der Waals surface area contributed by atoms with E-state index < -0.39 is 5.41 Å². The predicted molar refractivity (Wildman–Crippen MR) is 112 cm³/mol. The van der Waals surface area contributed by atoms with E-state index in [9.17, 15) is 10.4 Å². The summed E-state index contributed by atoms with van der Waals surface area (Å²) < 4.78 is 1.73. The quantitative estimate of drug-likeness (QED) is 0.564. The fraction of sp³-hybridized carbons (Fsp3) is 0.333. The minimum atomic E-state index is -0.581. The molecular weight excluding hydrogens is 366 g/mol. The number of aromatic nitrogens is 4. The van der Waals surface area contributed by atoms with Gasteiger partial charge in [0.2, 0.25) is 5.95 Å². The summed E-state index contributed by atoms with van der Waals surface area (Å²) in [6, 6.07) is 11.7. The highest BCUT2D eigenvalue weighted by Crippen LogP contribution is 2.26. The monoisotopic (exact) mass is 391 g/mol. The molecule has 0 spiro atoms. The second-order valence-corrected chi connectivity index (χ2v) is 7.34. The zero-order valence-electron chi connectivity index (χ0n) is 17.1. The first-order valence-electron chi connectivity index (χ1n) is 9.38. The van der Waals surface area contributed by atoms with Gasteiger partial charge < -0.3 is 15.7 Å². The minimum absolute atomic E-state index is 0.00120. The van der Waals surface area contributed by atoms with Gasteiger partial charge in [0.05, 0.1) is 30.3 Å². The summed E-state index contributed by atoms with van der Waals surface area (Å²) in [5, 5.41) is 29.5. The lowest BCUT2D eigenvalue weighted by Crippen LogP contribution is -2.14. The standard InChI is InChI=1S/C21H25N7O/c1-14-15(2)27-28(10-11-29)19(14)25-18-8-9-23-20(26-18)24-17-7-5-6-16(12-17)21(3,4)13-22/h5-9,12,29H,10-11H2,1-4H3,(H2,23,24,25,26). The molecule has 0 aliphatic carbocycles. The molecule has 2 heterocycles. The van der Waals surface area contributed by atoms with Crippen LogP contribution in [0.5, 0.6) is 0 Å². The van der Waals surface area contributed by atoms with Gasteiger partial charge in [0.1, 0.15) is 11.6 Å². The lowest BCUT2D eigenvalue weighted by Gasteiger charge is -2.17. The molecule has 2 aromatic heterocycles. The Morgan fingerprint density at radius 1 is 1.21 bits per heavy atom. The van der Waals surface area contributed by atoms with Gasteiger partial charge in [0.25, 0.3) is 0 Å². The van der Waals surface area contributed by atoms with Gasteiger partial charge in [0.15, 0.2) is 0 Å². The maximum absolute atomic E-state index is 9.36. The molecule has 0 atom stereocenters. The maximum Gasteiger partial charge on any atom is 0.229 e. The first-order chi connectivity index (χ1) is 13.8. The second kappa shape index (κ2) is 8.29. The summed E-state index contributed by atoms with van der Waals surface area (Å²) >= 11 is 0. The number of benzene rings is 1. The summed E-state index contributed by atoms with van der Waals surface area (Å²) in [4.78, 5) is 8.81. The summed E-state index contributed by atoms with van der Waals surface area (Å²) in [5.74, 6) is 1.83. The van der Waals surface area contributed by atoms with E-state index in [2.05, 4.69) is 31.8 Å². The van der Waals surface area contributed by atoms with Gasteiger partial charge in [-0.15, -0.1) is 0 Å². The van der Waals surface area contributed by atoms with E-state index in [1.807, 2.05) is 52.0 Å². The van der Waals surface area contributed by atoms with Gasteiger partial charge in [0, 0.05) is 17.4 Å².